The molecule has 2 amide bonds. The van der Waals surface area contributed by atoms with Crippen LogP contribution in [-0.4, -0.2) is 100 Å². The SMILES string of the molecule is CCO[P+]1(C(CC(=O)NCC(CNC(=O)CC([P+]2(OCC)OC(C)O2)[P+]2(OCC)OC(C)O2)C2OCO2)[P+]2(OCC)OC(C)O2)OC(C)O1. The lowest BCUT2D eigenvalue weighted by Gasteiger charge is -2.42. The fraction of sp³-hybridized carbons (Fsp3) is 0.926. The molecule has 0 radical (unpaired) electrons. The van der Waals surface area contributed by atoms with Crippen LogP contribution in [0.1, 0.15) is 68.2 Å². The average molecular weight is 785 g/mol. The first-order valence-electron chi connectivity index (χ1n) is 16.7. The fourth-order valence-corrected chi connectivity index (χ4v) is 19.5. The van der Waals surface area contributed by atoms with E-state index in [1.165, 1.54) is 0 Å². The summed E-state index contributed by atoms with van der Waals surface area (Å²) in [7, 11) is -12.1. The second kappa shape index (κ2) is 17.1. The predicted octanol–water partition coefficient (Wildman–Crippen LogP) is 5.37. The number of amides is 2. The fourth-order valence-electron chi connectivity index (χ4n) is 6.00. The summed E-state index contributed by atoms with van der Waals surface area (Å²) in [6.45, 7) is 15.8. The largest absolute Gasteiger partial charge is 0.468 e. The van der Waals surface area contributed by atoms with Crippen molar-refractivity contribution < 1.29 is 73.3 Å². The number of nitrogens with one attached hydrogen (secondary N) is 2. The van der Waals surface area contributed by atoms with E-state index in [1.54, 1.807) is 27.7 Å². The Balaban J connectivity index is 1.23. The average Bonchev–Trinajstić information content (AvgIpc) is 2.95. The lowest BCUT2D eigenvalue weighted by atomic mass is 10.1. The van der Waals surface area contributed by atoms with Crippen LogP contribution >= 0.6 is 31.8 Å². The second-order valence-corrected chi connectivity index (χ2v) is 21.8. The Kier molecular flexibility index (Phi) is 14.0. The summed E-state index contributed by atoms with van der Waals surface area (Å²) in [6, 6.07) is 0. The highest BCUT2D eigenvalue weighted by molar-refractivity contribution is 7.81. The van der Waals surface area contributed by atoms with Crippen molar-refractivity contribution in [1.82, 2.24) is 10.6 Å². The maximum Gasteiger partial charge on any atom is 0.468 e. The molecule has 282 valence electrons. The van der Waals surface area contributed by atoms with Gasteiger partial charge in [-0.1, -0.05) is 0 Å². The van der Waals surface area contributed by atoms with Gasteiger partial charge in [0.1, 0.15) is 12.8 Å². The van der Waals surface area contributed by atoms with Gasteiger partial charge in [0.2, 0.25) is 11.8 Å². The number of carbonyl (C=O) groups excluding carboxylic acids is 2. The molecule has 5 aliphatic heterocycles. The maximum atomic E-state index is 13.5. The van der Waals surface area contributed by atoms with E-state index in [2.05, 4.69) is 10.6 Å². The molecule has 18 nitrogen and oxygen atoms in total. The molecule has 5 aliphatic rings. The zero-order valence-electron chi connectivity index (χ0n) is 29.3. The number of ether oxygens (including phenoxy) is 2. The summed E-state index contributed by atoms with van der Waals surface area (Å²) >= 11 is 0. The minimum Gasteiger partial charge on any atom is -0.355 e. The summed E-state index contributed by atoms with van der Waals surface area (Å²) in [6.07, 6.45) is -2.84. The molecule has 0 aromatic carbocycles. The Labute approximate surface area is 290 Å². The van der Waals surface area contributed by atoms with Crippen molar-refractivity contribution in [2.24, 2.45) is 5.92 Å². The van der Waals surface area contributed by atoms with Crippen molar-refractivity contribution >= 4 is 43.6 Å². The molecule has 0 saturated carbocycles. The van der Waals surface area contributed by atoms with Gasteiger partial charge in [-0.05, 0) is 55.4 Å². The molecule has 5 rings (SSSR count). The van der Waals surface area contributed by atoms with Crippen LogP contribution in [0.3, 0.4) is 0 Å². The van der Waals surface area contributed by atoms with Gasteiger partial charge in [0, 0.05) is 19.0 Å². The number of rotatable bonds is 21. The first kappa shape index (κ1) is 40.3. The van der Waals surface area contributed by atoms with Crippen LogP contribution in [0.25, 0.3) is 0 Å². The van der Waals surface area contributed by atoms with Crippen molar-refractivity contribution in [3.63, 3.8) is 0 Å². The van der Waals surface area contributed by atoms with Gasteiger partial charge in [0.15, 0.2) is 13.1 Å². The molecule has 2 N–H and O–H groups in total. The molecule has 0 atom stereocenters. The summed E-state index contributed by atoms with van der Waals surface area (Å²) in [5.41, 5.74) is 0. The Bertz CT molecular complexity index is 962. The van der Waals surface area contributed by atoms with Crippen molar-refractivity contribution in [3.8, 4) is 0 Å². The monoisotopic (exact) mass is 784 g/mol. The number of carbonyl (C=O) groups is 2. The van der Waals surface area contributed by atoms with Crippen LogP contribution in [0.4, 0.5) is 0 Å². The van der Waals surface area contributed by atoms with Gasteiger partial charge in [-0.3, -0.25) is 9.59 Å². The molecule has 5 saturated heterocycles. The highest BCUT2D eigenvalue weighted by Crippen LogP contribution is 2.91. The van der Waals surface area contributed by atoms with Crippen LogP contribution in [0, 0.1) is 5.92 Å². The predicted molar refractivity (Wildman–Crippen MR) is 178 cm³/mol. The molecule has 22 heteroatoms. The normalized spacial score (nSPS) is 38.9. The summed E-state index contributed by atoms with van der Waals surface area (Å²) < 4.78 is 83.4. The topological polar surface area (TPSA) is 187 Å². The van der Waals surface area contributed by atoms with E-state index in [9.17, 15) is 9.59 Å². The Morgan fingerprint density at radius 1 is 0.571 bits per heavy atom. The molecule has 0 unspecified atom stereocenters. The van der Waals surface area contributed by atoms with Gasteiger partial charge < -0.3 is 20.1 Å². The quantitative estimate of drug-likeness (QED) is 0.141. The van der Waals surface area contributed by atoms with Crippen molar-refractivity contribution in [2.45, 2.75) is 110 Å². The van der Waals surface area contributed by atoms with E-state index in [0.29, 0.717) is 26.4 Å². The van der Waals surface area contributed by atoms with Gasteiger partial charge >= 0.3 is 42.6 Å². The van der Waals surface area contributed by atoms with E-state index >= 15 is 0 Å². The summed E-state index contributed by atoms with van der Waals surface area (Å²) in [5, 5.41) is 4.44. The van der Waals surface area contributed by atoms with E-state index in [1.807, 2.05) is 27.7 Å². The third kappa shape index (κ3) is 8.75. The zero-order chi connectivity index (χ0) is 35.5. The van der Waals surface area contributed by atoms with Crippen LogP contribution in [-0.2, 0) is 73.3 Å². The number of hydrogen-bond acceptors (Lipinski definition) is 16. The highest BCUT2D eigenvalue weighted by Gasteiger charge is 2.84. The molecule has 0 bridgehead atoms. The Hall–Kier alpha value is 0.100. The maximum absolute atomic E-state index is 13.5. The van der Waals surface area contributed by atoms with Crippen LogP contribution in [0.2, 0.25) is 0 Å². The first-order chi connectivity index (χ1) is 23.4. The van der Waals surface area contributed by atoms with Crippen LogP contribution in [0.15, 0.2) is 0 Å². The molecule has 49 heavy (non-hydrogen) atoms. The molecule has 0 spiro atoms. The van der Waals surface area contributed by atoms with Crippen molar-refractivity contribution in [2.75, 3.05) is 46.3 Å². The molecule has 0 aromatic heterocycles. The van der Waals surface area contributed by atoms with E-state index in [0.717, 1.165) is 0 Å². The second-order valence-electron chi connectivity index (χ2n) is 11.5. The molecule has 0 aliphatic carbocycles. The van der Waals surface area contributed by atoms with E-state index in [-0.39, 0.29) is 44.5 Å². The third-order valence-electron chi connectivity index (χ3n) is 7.77. The standard InChI is InChI=1S/C27H50N2O16P4/c1-9-34-46(38-18(5)39-46)25(47(35-10-2)40-19(6)41-47)13-23(30)28-15-22(27-32-17-33-27)16-29-24(31)14-26(48(36-11-3)42-20(7)43-48)49(37-12-4)44-21(8)45-49/h18-22,25-27H,9-17H2,1-8H3/q+2/p+2. The van der Waals surface area contributed by atoms with Crippen LogP contribution in [0.5, 0.6) is 0 Å². The molecular weight excluding hydrogens is 732 g/mol. The van der Waals surface area contributed by atoms with Crippen molar-refractivity contribution in [3.05, 3.63) is 0 Å². The minimum atomic E-state index is -3.02. The first-order valence-corrected chi connectivity index (χ1v) is 23.2. The zero-order valence-corrected chi connectivity index (χ0v) is 32.9. The highest BCUT2D eigenvalue weighted by atomic mass is 31.3. The van der Waals surface area contributed by atoms with Gasteiger partial charge in [0.25, 0.3) is 25.2 Å². The summed E-state index contributed by atoms with van der Waals surface area (Å²) in [5.74, 6) is -1.12. The van der Waals surface area contributed by atoms with Crippen LogP contribution < -0.4 is 10.6 Å². The Morgan fingerprint density at radius 3 is 1.06 bits per heavy atom. The van der Waals surface area contributed by atoms with Crippen molar-refractivity contribution in [1.29, 1.82) is 0 Å². The van der Waals surface area contributed by atoms with Gasteiger partial charge in [-0.15, -0.1) is 36.2 Å². The molecule has 5 heterocycles. The van der Waals surface area contributed by atoms with Gasteiger partial charge in [0.05, 0.1) is 26.4 Å². The third-order valence-corrected chi connectivity index (χ3v) is 22.0. The lowest BCUT2D eigenvalue weighted by molar-refractivity contribution is -0.338. The Morgan fingerprint density at radius 2 is 0.857 bits per heavy atom. The molecule has 5 fully saturated rings. The van der Waals surface area contributed by atoms with Gasteiger partial charge in [-0.2, -0.15) is 18.1 Å². The number of hydrogen-bond donors (Lipinski definition) is 2. The van der Waals surface area contributed by atoms with E-state index < -0.39 is 79.9 Å². The molecule has 0 aromatic rings. The lowest BCUT2D eigenvalue weighted by Crippen LogP contribution is -2.50. The minimum absolute atomic E-state index is 0.0998. The molecular formula is C27H52N2O16P4+4. The summed E-state index contributed by atoms with van der Waals surface area (Å²) in [4.78, 5) is 27.1. The smallest absolute Gasteiger partial charge is 0.355 e. The van der Waals surface area contributed by atoms with Gasteiger partial charge in [-0.25, -0.2) is 0 Å². The van der Waals surface area contributed by atoms with E-state index in [4.69, 9.17) is 63.8 Å².